The number of thiazole rings is 1. The van der Waals surface area contributed by atoms with Gasteiger partial charge in [-0.15, -0.1) is 0 Å². The van der Waals surface area contributed by atoms with Gasteiger partial charge in [-0.2, -0.15) is 0 Å². The summed E-state index contributed by atoms with van der Waals surface area (Å²) in [5, 5.41) is 10.0. The second kappa shape index (κ2) is 7.37. The van der Waals surface area contributed by atoms with Crippen LogP contribution >= 0.6 is 27.3 Å². The van der Waals surface area contributed by atoms with Crippen LogP contribution in [0.3, 0.4) is 0 Å². The third-order valence-corrected chi connectivity index (χ3v) is 4.08. The Morgan fingerprint density at radius 2 is 2.14 bits per heavy atom. The highest BCUT2D eigenvalue weighted by atomic mass is 79.9. The van der Waals surface area contributed by atoms with E-state index in [4.69, 9.17) is 4.74 Å². The van der Waals surface area contributed by atoms with Gasteiger partial charge < -0.3 is 9.84 Å². The number of hydrogen-bond donors (Lipinski definition) is 1. The van der Waals surface area contributed by atoms with Crippen LogP contribution in [0.5, 0.6) is 5.88 Å². The van der Waals surface area contributed by atoms with Gasteiger partial charge in [-0.25, -0.2) is 0 Å². The van der Waals surface area contributed by atoms with E-state index in [2.05, 4.69) is 20.9 Å². The van der Waals surface area contributed by atoms with Crippen molar-refractivity contribution in [3.05, 3.63) is 43.3 Å². The van der Waals surface area contributed by atoms with E-state index in [1.54, 1.807) is 19.1 Å². The van der Waals surface area contributed by atoms with Gasteiger partial charge in [0.15, 0.2) is 0 Å². The minimum Gasteiger partial charge on any atom is -0.493 e. The van der Waals surface area contributed by atoms with Crippen LogP contribution in [0.15, 0.2) is 38.5 Å². The van der Waals surface area contributed by atoms with Crippen molar-refractivity contribution in [1.29, 1.82) is 0 Å². The third-order valence-electron chi connectivity index (χ3n) is 2.64. The smallest absolute Gasteiger partial charge is 0.326 e. The van der Waals surface area contributed by atoms with Gasteiger partial charge >= 0.3 is 10.8 Å². The first kappa shape index (κ1) is 16.4. The van der Waals surface area contributed by atoms with Gasteiger partial charge in [0, 0.05) is 4.47 Å². The van der Waals surface area contributed by atoms with Crippen LogP contribution in [0.1, 0.15) is 11.8 Å². The molecule has 1 heterocycles. The first-order valence-corrected chi connectivity index (χ1v) is 8.00. The van der Waals surface area contributed by atoms with Crippen molar-refractivity contribution < 1.29 is 14.6 Å². The number of aromatic hydroxyl groups is 1. The Balaban J connectivity index is 2.20. The Kier molecular flexibility index (Phi) is 5.51. The molecule has 8 heteroatoms. The summed E-state index contributed by atoms with van der Waals surface area (Å²) >= 11 is 4.14. The number of benzene rings is 1. The number of hydrogen-bond acceptors (Lipinski definition) is 6. The second-order valence-electron chi connectivity index (χ2n) is 4.18. The fourth-order valence-corrected chi connectivity index (χ4v) is 2.65. The molecule has 1 aromatic heterocycles. The molecule has 0 saturated heterocycles. The summed E-state index contributed by atoms with van der Waals surface area (Å²) < 4.78 is 6.66. The zero-order chi connectivity index (χ0) is 16.1. The molecule has 0 aliphatic carbocycles. The van der Waals surface area contributed by atoms with Crippen LogP contribution in [0.25, 0.3) is 0 Å². The molecule has 2 aromatic rings. The van der Waals surface area contributed by atoms with Crippen LogP contribution in [0.2, 0.25) is 0 Å². The third kappa shape index (κ3) is 4.05. The lowest BCUT2D eigenvalue weighted by atomic mass is 10.3. The molecule has 0 aliphatic rings. The highest BCUT2D eigenvalue weighted by Crippen LogP contribution is 2.20. The lowest BCUT2D eigenvalue weighted by Gasteiger charge is -2.03. The average Bonchev–Trinajstić information content (AvgIpc) is 2.75. The molecule has 0 spiro atoms. The van der Waals surface area contributed by atoms with Crippen LogP contribution < -0.4 is 4.87 Å². The predicted octanol–water partition coefficient (Wildman–Crippen LogP) is 2.69. The number of aliphatic imine (C=N–C) groups is 1. The quantitative estimate of drug-likeness (QED) is 0.634. The fraction of sp³-hybridized carbons (Fsp3) is 0.214. The maximum Gasteiger partial charge on any atom is 0.326 e. The van der Waals surface area contributed by atoms with Crippen LogP contribution in [-0.4, -0.2) is 28.5 Å². The molecule has 0 amide bonds. The number of aromatic nitrogens is 1. The van der Waals surface area contributed by atoms with Crippen molar-refractivity contribution >= 4 is 45.1 Å². The fourth-order valence-electron chi connectivity index (χ4n) is 1.63. The van der Waals surface area contributed by atoms with E-state index in [9.17, 15) is 14.7 Å². The lowest BCUT2D eigenvalue weighted by molar-refractivity contribution is -0.143. The topological polar surface area (TPSA) is 80.9 Å². The number of nitrogens with zero attached hydrogens (tertiary/aromatic N) is 2. The maximum absolute atomic E-state index is 11.8. The highest BCUT2D eigenvalue weighted by Gasteiger charge is 2.15. The molecule has 22 heavy (non-hydrogen) atoms. The lowest BCUT2D eigenvalue weighted by Crippen LogP contribution is -2.20. The Labute approximate surface area is 138 Å². The molecule has 1 N–H and O–H groups in total. The molecule has 0 bridgehead atoms. The normalized spacial score (nSPS) is 11.0. The largest absolute Gasteiger partial charge is 0.493 e. The van der Waals surface area contributed by atoms with Gasteiger partial charge in [-0.3, -0.25) is 19.1 Å². The predicted molar refractivity (Wildman–Crippen MR) is 88.3 cm³/mol. The molecule has 0 saturated carbocycles. The Morgan fingerprint density at radius 1 is 1.45 bits per heavy atom. The molecule has 1 aromatic carbocycles. The van der Waals surface area contributed by atoms with Gasteiger partial charge in [0.05, 0.1) is 18.5 Å². The monoisotopic (exact) mass is 384 g/mol. The van der Waals surface area contributed by atoms with E-state index in [1.165, 1.54) is 6.21 Å². The number of esters is 1. The summed E-state index contributed by atoms with van der Waals surface area (Å²) in [6.07, 6.45) is 1.40. The number of rotatable bonds is 5. The van der Waals surface area contributed by atoms with E-state index >= 15 is 0 Å². The van der Waals surface area contributed by atoms with Crippen molar-refractivity contribution in [2.45, 2.75) is 13.5 Å². The van der Waals surface area contributed by atoms with Gasteiger partial charge in [0.25, 0.3) is 0 Å². The number of carbonyl (C=O) groups excluding carboxylic acids is 1. The zero-order valence-corrected chi connectivity index (χ0v) is 14.1. The van der Waals surface area contributed by atoms with Crippen molar-refractivity contribution in [2.24, 2.45) is 4.99 Å². The van der Waals surface area contributed by atoms with Crippen molar-refractivity contribution in [3.8, 4) is 5.88 Å². The molecule has 0 aliphatic heterocycles. The SMILES string of the molecule is CCOC(=O)Cn1c(O)c(C=Nc2ccc(Br)cc2)sc1=O. The Hall–Kier alpha value is -1.93. The average molecular weight is 385 g/mol. The second-order valence-corrected chi connectivity index (χ2v) is 6.09. The minimum absolute atomic E-state index is 0.219. The first-order valence-electron chi connectivity index (χ1n) is 6.39. The molecular formula is C14H13BrN2O4S. The number of carbonyl (C=O) groups is 1. The number of ether oxygens (including phenoxy) is 1. The van der Waals surface area contributed by atoms with E-state index < -0.39 is 10.8 Å². The Bertz CT molecular complexity index is 749. The molecular weight excluding hydrogens is 372 g/mol. The van der Waals surface area contributed by atoms with Gasteiger partial charge in [-0.1, -0.05) is 27.3 Å². The zero-order valence-electron chi connectivity index (χ0n) is 11.7. The molecule has 0 unspecified atom stereocenters. The van der Waals surface area contributed by atoms with E-state index in [0.717, 1.165) is 20.4 Å². The molecule has 116 valence electrons. The summed E-state index contributed by atoms with van der Waals surface area (Å²) in [7, 11) is 0. The van der Waals surface area contributed by atoms with Crippen molar-refractivity contribution in [2.75, 3.05) is 6.61 Å². The highest BCUT2D eigenvalue weighted by molar-refractivity contribution is 9.10. The van der Waals surface area contributed by atoms with Crippen LogP contribution in [0, 0.1) is 0 Å². The molecule has 0 fully saturated rings. The maximum atomic E-state index is 11.8. The van der Waals surface area contributed by atoms with Gasteiger partial charge in [0.1, 0.15) is 11.4 Å². The molecule has 0 radical (unpaired) electrons. The molecule has 0 atom stereocenters. The minimum atomic E-state index is -0.575. The molecule has 6 nitrogen and oxygen atoms in total. The van der Waals surface area contributed by atoms with E-state index in [-0.39, 0.29) is 23.9 Å². The summed E-state index contributed by atoms with van der Waals surface area (Å²) in [5.74, 6) is -0.863. The van der Waals surface area contributed by atoms with Crippen LogP contribution in [0.4, 0.5) is 5.69 Å². The van der Waals surface area contributed by atoms with Crippen molar-refractivity contribution in [3.63, 3.8) is 0 Å². The van der Waals surface area contributed by atoms with Crippen molar-refractivity contribution in [1.82, 2.24) is 4.57 Å². The first-order chi connectivity index (χ1) is 10.5. The molecule has 2 rings (SSSR count). The van der Waals surface area contributed by atoms with Gasteiger partial charge in [0.2, 0.25) is 5.88 Å². The summed E-state index contributed by atoms with van der Waals surface area (Å²) in [6.45, 7) is 1.57. The summed E-state index contributed by atoms with van der Waals surface area (Å²) in [6, 6.07) is 7.24. The van der Waals surface area contributed by atoms with Gasteiger partial charge in [-0.05, 0) is 31.2 Å². The summed E-state index contributed by atoms with van der Waals surface area (Å²) in [4.78, 5) is 27.2. The van der Waals surface area contributed by atoms with E-state index in [0.29, 0.717) is 5.69 Å². The number of halogens is 1. The Morgan fingerprint density at radius 3 is 2.77 bits per heavy atom. The standard InChI is InChI=1S/C14H13BrN2O4S/c1-2-21-12(18)8-17-13(19)11(22-14(17)20)7-16-10-5-3-9(15)4-6-10/h3-7,19H,2,8H2,1H3. The van der Waals surface area contributed by atoms with Crippen LogP contribution in [-0.2, 0) is 16.1 Å². The summed E-state index contributed by atoms with van der Waals surface area (Å²) in [5.41, 5.74) is 0.681. The van der Waals surface area contributed by atoms with E-state index in [1.807, 2.05) is 12.1 Å².